The van der Waals surface area contributed by atoms with Crippen LogP contribution in [0.3, 0.4) is 0 Å². The third-order valence-electron chi connectivity index (χ3n) is 4.47. The average Bonchev–Trinajstić information content (AvgIpc) is 3.08. The van der Waals surface area contributed by atoms with Crippen molar-refractivity contribution in [3.63, 3.8) is 0 Å². The number of rotatable bonds is 5. The van der Waals surface area contributed by atoms with E-state index in [1.807, 2.05) is 72.8 Å². The number of hydrogen-bond donors (Lipinski definition) is 1. The van der Waals surface area contributed by atoms with Gasteiger partial charge in [-0.2, -0.15) is 0 Å². The van der Waals surface area contributed by atoms with E-state index in [-0.39, 0.29) is 5.91 Å². The fourth-order valence-electron chi connectivity index (χ4n) is 2.85. The molecule has 3 aromatic rings. The molecule has 4 rings (SSSR count). The van der Waals surface area contributed by atoms with E-state index in [1.54, 1.807) is 0 Å². The number of amidine groups is 1. The number of benzene rings is 3. The number of ether oxygens (including phenoxy) is 1. The van der Waals surface area contributed by atoms with E-state index in [2.05, 4.69) is 29.4 Å². The van der Waals surface area contributed by atoms with Crippen molar-refractivity contribution in [1.29, 1.82) is 0 Å². The summed E-state index contributed by atoms with van der Waals surface area (Å²) in [7, 11) is 0. The Hall–Kier alpha value is -3.31. The highest BCUT2D eigenvalue weighted by atomic mass is 32.2. The Morgan fingerprint density at radius 2 is 1.69 bits per heavy atom. The van der Waals surface area contributed by atoms with Crippen molar-refractivity contribution < 1.29 is 9.53 Å². The Labute approximate surface area is 174 Å². The van der Waals surface area contributed by atoms with Crippen molar-refractivity contribution >= 4 is 34.6 Å². The van der Waals surface area contributed by atoms with E-state index in [0.29, 0.717) is 16.7 Å². The van der Waals surface area contributed by atoms with Gasteiger partial charge in [0.25, 0.3) is 5.91 Å². The van der Waals surface area contributed by atoms with Gasteiger partial charge in [0.15, 0.2) is 5.17 Å². The van der Waals surface area contributed by atoms with Gasteiger partial charge in [0.1, 0.15) is 12.4 Å². The van der Waals surface area contributed by atoms with Gasteiger partial charge in [0, 0.05) is 0 Å². The maximum Gasteiger partial charge on any atom is 0.264 e. The molecule has 29 heavy (non-hydrogen) atoms. The van der Waals surface area contributed by atoms with E-state index in [4.69, 9.17) is 4.74 Å². The summed E-state index contributed by atoms with van der Waals surface area (Å²) in [4.78, 5) is 17.3. The standard InChI is InChI=1S/C24H20N2O2S/c1-17-7-5-6-8-19(17)16-28-21-13-11-18(12-14-21)15-22-23(27)26-24(29-22)25-20-9-3-2-4-10-20/h2-15H,16H2,1H3,(H,25,26,27)/b22-15-. The van der Waals surface area contributed by atoms with E-state index in [1.165, 1.54) is 22.9 Å². The Bertz CT molecular complexity index is 1070. The topological polar surface area (TPSA) is 50.7 Å². The van der Waals surface area contributed by atoms with Crippen molar-refractivity contribution in [2.45, 2.75) is 13.5 Å². The largest absolute Gasteiger partial charge is 0.489 e. The number of para-hydroxylation sites is 1. The summed E-state index contributed by atoms with van der Waals surface area (Å²) in [6.45, 7) is 2.61. The highest BCUT2D eigenvalue weighted by Crippen LogP contribution is 2.28. The number of nitrogens with zero attached hydrogens (tertiary/aromatic N) is 1. The Balaban J connectivity index is 1.41. The first kappa shape index (κ1) is 19.0. The van der Waals surface area contributed by atoms with Crippen LogP contribution >= 0.6 is 11.8 Å². The second-order valence-corrected chi connectivity index (χ2v) is 7.63. The molecule has 144 valence electrons. The lowest BCUT2D eigenvalue weighted by Crippen LogP contribution is -2.19. The zero-order chi connectivity index (χ0) is 20.1. The molecule has 0 saturated carbocycles. The third kappa shape index (κ3) is 4.95. The smallest absolute Gasteiger partial charge is 0.264 e. The zero-order valence-electron chi connectivity index (χ0n) is 16.0. The number of thioether (sulfide) groups is 1. The monoisotopic (exact) mass is 400 g/mol. The minimum Gasteiger partial charge on any atom is -0.489 e. The number of amides is 1. The van der Waals surface area contributed by atoms with E-state index >= 15 is 0 Å². The molecule has 1 aliphatic rings. The molecule has 0 radical (unpaired) electrons. The summed E-state index contributed by atoms with van der Waals surface area (Å²) < 4.78 is 5.88. The van der Waals surface area contributed by atoms with Crippen LogP contribution in [0.5, 0.6) is 5.75 Å². The minimum atomic E-state index is -0.135. The Morgan fingerprint density at radius 1 is 0.966 bits per heavy atom. The molecule has 1 amide bonds. The van der Waals surface area contributed by atoms with Gasteiger partial charge in [-0.25, -0.2) is 4.99 Å². The fraction of sp³-hybridized carbons (Fsp3) is 0.0833. The highest BCUT2D eigenvalue weighted by Gasteiger charge is 2.23. The van der Waals surface area contributed by atoms with Gasteiger partial charge in [-0.15, -0.1) is 0 Å². The molecule has 0 aromatic heterocycles. The van der Waals surface area contributed by atoms with Crippen LogP contribution < -0.4 is 10.1 Å². The molecule has 1 saturated heterocycles. The lowest BCUT2D eigenvalue weighted by atomic mass is 10.1. The second-order valence-electron chi connectivity index (χ2n) is 6.60. The molecule has 0 spiro atoms. The molecular weight excluding hydrogens is 380 g/mol. The summed E-state index contributed by atoms with van der Waals surface area (Å²) in [5, 5.41) is 3.40. The number of carbonyl (C=O) groups excluding carboxylic acids is 1. The highest BCUT2D eigenvalue weighted by molar-refractivity contribution is 8.18. The molecule has 1 aliphatic heterocycles. The van der Waals surface area contributed by atoms with Crippen LogP contribution in [-0.2, 0) is 11.4 Å². The Kier molecular flexibility index (Phi) is 5.77. The number of hydrogen-bond acceptors (Lipinski definition) is 4. The molecule has 1 N–H and O–H groups in total. The van der Waals surface area contributed by atoms with Gasteiger partial charge in [-0.05, 0) is 65.7 Å². The minimum absolute atomic E-state index is 0.135. The summed E-state index contributed by atoms with van der Waals surface area (Å²) in [5.41, 5.74) is 4.13. The van der Waals surface area contributed by atoms with Crippen molar-refractivity contribution in [3.05, 3.63) is 100 Å². The van der Waals surface area contributed by atoms with E-state index in [9.17, 15) is 4.79 Å². The molecule has 5 heteroatoms. The Morgan fingerprint density at radius 3 is 2.45 bits per heavy atom. The first-order valence-corrected chi connectivity index (χ1v) is 10.1. The molecule has 1 fully saturated rings. The molecular formula is C24H20N2O2S. The van der Waals surface area contributed by atoms with E-state index in [0.717, 1.165) is 17.0 Å². The molecule has 0 atom stereocenters. The lowest BCUT2D eigenvalue weighted by Gasteiger charge is -2.08. The second kappa shape index (κ2) is 8.80. The average molecular weight is 401 g/mol. The molecule has 0 unspecified atom stereocenters. The predicted octanol–water partition coefficient (Wildman–Crippen LogP) is 5.47. The summed E-state index contributed by atoms with van der Waals surface area (Å²) >= 11 is 1.34. The number of nitrogens with one attached hydrogen (secondary N) is 1. The van der Waals surface area contributed by atoms with Crippen LogP contribution in [-0.4, -0.2) is 11.1 Å². The van der Waals surface area contributed by atoms with Gasteiger partial charge in [0.2, 0.25) is 0 Å². The quantitative estimate of drug-likeness (QED) is 0.578. The van der Waals surface area contributed by atoms with Crippen LogP contribution in [0.1, 0.15) is 16.7 Å². The van der Waals surface area contributed by atoms with Crippen molar-refractivity contribution in [3.8, 4) is 5.75 Å². The van der Waals surface area contributed by atoms with Gasteiger partial charge in [-0.1, -0.05) is 54.6 Å². The van der Waals surface area contributed by atoms with Crippen molar-refractivity contribution in [2.75, 3.05) is 0 Å². The van der Waals surface area contributed by atoms with Crippen molar-refractivity contribution in [2.24, 2.45) is 4.99 Å². The first-order valence-electron chi connectivity index (χ1n) is 9.29. The maximum atomic E-state index is 12.2. The summed E-state index contributed by atoms with van der Waals surface area (Å²) in [6.07, 6.45) is 1.86. The van der Waals surface area contributed by atoms with Crippen LogP contribution in [0.15, 0.2) is 88.8 Å². The predicted molar refractivity (Wildman–Crippen MR) is 119 cm³/mol. The molecule has 4 nitrogen and oxygen atoms in total. The van der Waals surface area contributed by atoms with Gasteiger partial charge < -0.3 is 10.1 Å². The molecule has 1 heterocycles. The SMILES string of the molecule is Cc1ccccc1COc1ccc(/C=C2\SC(=Nc3ccccc3)NC2=O)cc1. The van der Waals surface area contributed by atoms with Crippen LogP contribution in [0, 0.1) is 6.92 Å². The summed E-state index contributed by atoms with van der Waals surface area (Å²) in [5.74, 6) is 0.662. The number of carbonyl (C=O) groups is 1. The van der Waals surface area contributed by atoms with Gasteiger partial charge in [0.05, 0.1) is 10.6 Å². The maximum absolute atomic E-state index is 12.2. The number of aliphatic imine (C=N–C) groups is 1. The fourth-order valence-corrected chi connectivity index (χ4v) is 3.69. The normalized spacial score (nSPS) is 16.2. The van der Waals surface area contributed by atoms with Crippen LogP contribution in [0.2, 0.25) is 0 Å². The number of aryl methyl sites for hydroxylation is 1. The van der Waals surface area contributed by atoms with Gasteiger partial charge >= 0.3 is 0 Å². The first-order chi connectivity index (χ1) is 14.2. The molecule has 0 aliphatic carbocycles. The molecule has 3 aromatic carbocycles. The van der Waals surface area contributed by atoms with Gasteiger partial charge in [-0.3, -0.25) is 4.79 Å². The lowest BCUT2D eigenvalue weighted by molar-refractivity contribution is -0.115. The summed E-state index contributed by atoms with van der Waals surface area (Å²) in [6, 6.07) is 25.5. The van der Waals surface area contributed by atoms with Crippen molar-refractivity contribution in [1.82, 2.24) is 5.32 Å². The third-order valence-corrected chi connectivity index (χ3v) is 5.38. The van der Waals surface area contributed by atoms with Crippen LogP contribution in [0.25, 0.3) is 6.08 Å². The van der Waals surface area contributed by atoms with E-state index < -0.39 is 0 Å². The van der Waals surface area contributed by atoms with Crippen LogP contribution in [0.4, 0.5) is 5.69 Å². The molecule has 0 bridgehead atoms. The zero-order valence-corrected chi connectivity index (χ0v) is 16.8.